The van der Waals surface area contributed by atoms with Gasteiger partial charge in [-0.15, -0.1) is 4.91 Å². The second kappa shape index (κ2) is 20.5. The molecule has 3 N–H and O–H groups in total. The van der Waals surface area contributed by atoms with E-state index in [1.54, 1.807) is 69.1 Å². The number of nitriles is 1. The normalized spacial score (nSPS) is 9.37. The Kier molecular flexibility index (Phi) is 16.6. The maximum Gasteiger partial charge on any atom is 1.00 e. The van der Waals surface area contributed by atoms with Crippen LogP contribution in [0.15, 0.2) is 102 Å². The number of benzene rings is 3. The molecule has 17 heteroatoms. The number of methoxy groups -OCH3 is 3. The van der Waals surface area contributed by atoms with Crippen molar-refractivity contribution in [1.82, 2.24) is 26.0 Å². The Bertz CT molecular complexity index is 2070. The smallest absolute Gasteiger partial charge is 0.497 e. The summed E-state index contributed by atoms with van der Waals surface area (Å²) >= 11 is 5.90. The van der Waals surface area contributed by atoms with Gasteiger partial charge in [0.2, 0.25) is 0 Å². The van der Waals surface area contributed by atoms with Gasteiger partial charge in [0.1, 0.15) is 34.2 Å². The van der Waals surface area contributed by atoms with Gasteiger partial charge in [-0.2, -0.15) is 5.26 Å². The van der Waals surface area contributed by atoms with Gasteiger partial charge in [0.25, 0.3) is 0 Å². The minimum absolute atomic E-state index is 0. The van der Waals surface area contributed by atoms with Crippen LogP contribution < -0.4 is 54.8 Å². The van der Waals surface area contributed by atoms with E-state index in [-0.39, 0.29) is 35.3 Å². The van der Waals surface area contributed by atoms with Gasteiger partial charge in [0.15, 0.2) is 5.69 Å². The van der Waals surface area contributed by atoms with E-state index in [2.05, 4.69) is 31.5 Å². The van der Waals surface area contributed by atoms with Crippen molar-refractivity contribution in [3.05, 3.63) is 118 Å². The van der Waals surface area contributed by atoms with Gasteiger partial charge in [0.05, 0.1) is 26.6 Å². The number of fused-ring (bicyclic) bond motifs is 3. The third-order valence-corrected chi connectivity index (χ3v) is 6.62. The van der Waals surface area contributed by atoms with E-state index in [4.69, 9.17) is 46.6 Å². The van der Waals surface area contributed by atoms with E-state index < -0.39 is 5.97 Å². The monoisotopic (exact) mass is 691 g/mol. The molecule has 3 aromatic heterocycles. The molecule has 0 atom stereocenters. The summed E-state index contributed by atoms with van der Waals surface area (Å²) < 4.78 is 15.2. The van der Waals surface area contributed by atoms with Crippen molar-refractivity contribution in [2.24, 2.45) is 10.5 Å². The minimum atomic E-state index is -1.02. The molecule has 0 spiro atoms. The van der Waals surface area contributed by atoms with Crippen LogP contribution in [0.25, 0.3) is 37.8 Å². The topological polar surface area (TPSA) is 216 Å². The molecule has 0 aliphatic carbocycles. The first-order valence-electron chi connectivity index (χ1n) is 13.5. The second-order valence-corrected chi connectivity index (χ2v) is 9.37. The fourth-order valence-corrected chi connectivity index (χ4v) is 4.34. The Morgan fingerprint density at radius 2 is 1.24 bits per heavy atom. The molecule has 6 rings (SSSR count). The number of hydrazine groups is 1. The van der Waals surface area contributed by atoms with Gasteiger partial charge in [-0.25, -0.2) is 25.3 Å². The molecule has 0 radical (unpaired) electrons. The Hall–Kier alpha value is -5.66. The number of carboxylic acids is 1. The number of aromatic carboxylic acids is 1. The van der Waals surface area contributed by atoms with Crippen molar-refractivity contribution < 1.29 is 53.7 Å². The minimum Gasteiger partial charge on any atom is -0.497 e. The molecule has 0 amide bonds. The standard InChI is InChI=1S/C11H8N2O.C11H9NO3.C10H8ClNO.H2N5O.Na/c1-14-9-2-3-10-8(6-9)4-5-13-11(10)7-12;1-15-8-2-3-9-7(6-8)4-5-12-10(9)11(13)14;1-13-8-2-3-9-7(6-8)4-5-12-10(9)11;1-2-3-4-5-6;/h2-6H,1H3;2-6H,1H3,(H,13,14);2-6H,1H3;(H2-,1,2,3,4,5,6);/q;;;-1;+1. The summed E-state index contributed by atoms with van der Waals surface area (Å²) in [5.74, 6) is 1.29. The first-order chi connectivity index (χ1) is 23.3. The number of aromatic nitrogens is 3. The predicted octanol–water partition coefficient (Wildman–Crippen LogP) is 3.66. The number of nitrogens with zero attached hydrogens (tertiary/aromatic N) is 7. The zero-order valence-corrected chi connectivity index (χ0v) is 29.4. The van der Waals surface area contributed by atoms with Crippen molar-refractivity contribution in [2.45, 2.75) is 0 Å². The molecule has 6 aromatic rings. The maximum absolute atomic E-state index is 10.9. The summed E-state index contributed by atoms with van der Waals surface area (Å²) in [6.45, 7) is 0. The molecule has 0 aliphatic heterocycles. The van der Waals surface area contributed by atoms with Crippen molar-refractivity contribution >= 4 is 49.9 Å². The quantitative estimate of drug-likeness (QED) is 0.0546. The van der Waals surface area contributed by atoms with Gasteiger partial charge in [-0.3, -0.25) is 5.22 Å². The van der Waals surface area contributed by atoms with Crippen LogP contribution in [-0.4, -0.2) is 47.4 Å². The van der Waals surface area contributed by atoms with E-state index in [1.165, 1.54) is 6.20 Å². The molecule has 0 fully saturated rings. The van der Waals surface area contributed by atoms with Crippen LogP contribution in [0.1, 0.15) is 16.2 Å². The summed E-state index contributed by atoms with van der Waals surface area (Å²) in [6.07, 6.45) is 4.79. The molecule has 3 aromatic carbocycles. The predicted molar refractivity (Wildman–Crippen MR) is 179 cm³/mol. The number of hydrogen-bond donors (Lipinski definition) is 3. The van der Waals surface area contributed by atoms with E-state index in [0.29, 0.717) is 22.0 Å². The van der Waals surface area contributed by atoms with E-state index in [0.717, 1.165) is 38.4 Å². The van der Waals surface area contributed by atoms with Crippen molar-refractivity contribution in [3.63, 3.8) is 0 Å². The number of rotatable bonds is 7. The molecule has 0 saturated heterocycles. The van der Waals surface area contributed by atoms with E-state index in [1.807, 2.05) is 48.5 Å². The molecule has 0 bridgehead atoms. The Labute approximate surface area is 306 Å². The molecule has 0 unspecified atom stereocenters. The summed E-state index contributed by atoms with van der Waals surface area (Å²) in [6, 6.07) is 24.0. The van der Waals surface area contributed by atoms with Gasteiger partial charge in [0, 0.05) is 34.7 Å². The summed E-state index contributed by atoms with van der Waals surface area (Å²) in [7, 11) is 4.83. The van der Waals surface area contributed by atoms with Crippen LogP contribution in [0.2, 0.25) is 5.15 Å². The van der Waals surface area contributed by atoms with Crippen LogP contribution in [0.5, 0.6) is 17.2 Å². The zero-order valence-electron chi connectivity index (χ0n) is 26.7. The Balaban J connectivity index is 0.000000234. The van der Waals surface area contributed by atoms with Gasteiger partial charge >= 0.3 is 35.5 Å². The van der Waals surface area contributed by atoms with Crippen LogP contribution in [0.4, 0.5) is 0 Å². The number of carbonyl (C=O) groups is 1. The number of ether oxygens (including phenoxy) is 3. The summed E-state index contributed by atoms with van der Waals surface area (Å²) in [5.41, 5.74) is 11.2. The van der Waals surface area contributed by atoms with Crippen LogP contribution in [0, 0.1) is 16.2 Å². The molecule has 0 aliphatic rings. The number of pyridine rings is 3. The van der Waals surface area contributed by atoms with E-state index >= 15 is 0 Å². The molecule has 15 nitrogen and oxygen atoms in total. The summed E-state index contributed by atoms with van der Waals surface area (Å²) in [5, 5.41) is 27.8. The Morgan fingerprint density at radius 3 is 1.71 bits per heavy atom. The first-order valence-corrected chi connectivity index (χ1v) is 13.9. The molecule has 244 valence electrons. The van der Waals surface area contributed by atoms with Gasteiger partial charge < -0.3 is 30.4 Å². The molecular weight excluding hydrogens is 665 g/mol. The van der Waals surface area contributed by atoms with Gasteiger partial charge in [-0.1, -0.05) is 11.6 Å². The number of nitroso groups, excluding NO2 is 1. The zero-order chi connectivity index (χ0) is 34.9. The molecular formula is C32H27ClN9NaO6. The van der Waals surface area contributed by atoms with Crippen molar-refractivity contribution in [3.8, 4) is 23.3 Å². The van der Waals surface area contributed by atoms with Crippen molar-refractivity contribution in [1.29, 1.82) is 5.26 Å². The van der Waals surface area contributed by atoms with E-state index in [9.17, 15) is 4.79 Å². The number of carboxylic acid groups (broad SMARTS) is 1. The second-order valence-electron chi connectivity index (χ2n) is 9.01. The summed E-state index contributed by atoms with van der Waals surface area (Å²) in [4.78, 5) is 31.6. The molecule has 0 saturated carbocycles. The van der Waals surface area contributed by atoms with Crippen molar-refractivity contribution in [2.75, 3.05) is 21.3 Å². The average molecular weight is 692 g/mol. The number of hydrogen-bond acceptors (Lipinski definition) is 11. The van der Waals surface area contributed by atoms with Crippen LogP contribution in [-0.2, 0) is 0 Å². The third kappa shape index (κ3) is 11.2. The van der Waals surface area contributed by atoms with Crippen LogP contribution >= 0.6 is 11.6 Å². The molecule has 3 heterocycles. The molecule has 49 heavy (non-hydrogen) atoms. The fraction of sp³-hybridized carbons (Fsp3) is 0.0938. The van der Waals surface area contributed by atoms with Crippen LogP contribution in [0.3, 0.4) is 0 Å². The fourth-order valence-electron chi connectivity index (χ4n) is 4.11. The average Bonchev–Trinajstić information content (AvgIpc) is 3.13. The SMILES string of the molecule is COc1ccc2c(C#N)nccc2c1.COc1ccc2c(C(=O)O)nccc2c1.COc1ccc2c(Cl)nccc2c1.[N-]=NNNN=O.[Na+]. The number of nitrogens with one attached hydrogen (secondary N) is 2. The number of halogens is 1. The maximum atomic E-state index is 10.9. The largest absolute Gasteiger partial charge is 1.00 e. The van der Waals surface area contributed by atoms with Gasteiger partial charge in [-0.05, 0) is 89.0 Å². The third-order valence-electron chi connectivity index (χ3n) is 6.32. The Morgan fingerprint density at radius 1 is 0.776 bits per heavy atom. The first kappa shape index (κ1) is 39.5.